The van der Waals surface area contributed by atoms with E-state index in [0.717, 1.165) is 0 Å². The van der Waals surface area contributed by atoms with Crippen molar-refractivity contribution in [1.29, 1.82) is 5.26 Å². The molecule has 0 heterocycles. The molecule has 7 heteroatoms. The zero-order chi connectivity index (χ0) is 18.4. The summed E-state index contributed by atoms with van der Waals surface area (Å²) in [5.74, 6) is -1.37. The third-order valence-electron chi connectivity index (χ3n) is 3.48. The number of amides is 1. The summed E-state index contributed by atoms with van der Waals surface area (Å²) in [6, 6.07) is 8.11. The second-order valence-corrected chi connectivity index (χ2v) is 4.89. The van der Waals surface area contributed by atoms with Crippen LogP contribution in [0, 0.1) is 11.3 Å². The maximum Gasteiger partial charge on any atom is 0.340 e. The number of hydrogen-bond acceptors (Lipinski definition) is 6. The fraction of sp³-hybridized carbons (Fsp3) is 0.222. The van der Waals surface area contributed by atoms with Crippen molar-refractivity contribution in [2.45, 2.75) is 13.8 Å². The fourth-order valence-corrected chi connectivity index (χ4v) is 2.52. The Balaban J connectivity index is 2.85. The number of nitrogens with zero attached hydrogens (tertiary/aromatic N) is 1. The molecule has 0 bridgehead atoms. The van der Waals surface area contributed by atoms with Gasteiger partial charge >= 0.3 is 11.9 Å². The highest BCUT2D eigenvalue weighted by Gasteiger charge is 2.32. The maximum absolute atomic E-state index is 12.4. The smallest absolute Gasteiger partial charge is 0.340 e. The minimum Gasteiger partial charge on any atom is -0.462 e. The van der Waals surface area contributed by atoms with Crippen molar-refractivity contribution in [2.24, 2.45) is 0 Å². The van der Waals surface area contributed by atoms with Crippen LogP contribution in [0.25, 0.3) is 11.1 Å². The van der Waals surface area contributed by atoms with E-state index in [0.29, 0.717) is 23.1 Å². The second kappa shape index (κ2) is 7.93. The predicted octanol–water partition coefficient (Wildman–Crippen LogP) is 2.58. The van der Waals surface area contributed by atoms with Gasteiger partial charge in [-0.15, -0.1) is 0 Å². The van der Waals surface area contributed by atoms with Gasteiger partial charge < -0.3 is 14.8 Å². The number of rotatable bonds is 6. The number of hydrogen-bond donors (Lipinski definition) is 1. The lowest BCUT2D eigenvalue weighted by molar-refractivity contribution is -0.105. The van der Waals surface area contributed by atoms with Crippen LogP contribution in [0.3, 0.4) is 0 Å². The normalized spacial score (nSPS) is 9.96. The highest BCUT2D eigenvalue weighted by Crippen LogP contribution is 2.41. The molecule has 0 aromatic heterocycles. The van der Waals surface area contributed by atoms with Crippen molar-refractivity contribution >= 4 is 24.0 Å². The lowest BCUT2D eigenvalue weighted by Crippen LogP contribution is -2.11. The van der Waals surface area contributed by atoms with Crippen molar-refractivity contribution in [1.82, 2.24) is 0 Å². The Kier molecular flexibility index (Phi) is 5.69. The van der Waals surface area contributed by atoms with E-state index >= 15 is 0 Å². The van der Waals surface area contributed by atoms with Crippen molar-refractivity contribution in [3.63, 3.8) is 0 Å². The van der Waals surface area contributed by atoms with Crippen LogP contribution in [0.15, 0.2) is 24.3 Å². The number of carbonyl (C=O) groups is 3. The van der Waals surface area contributed by atoms with Crippen molar-refractivity contribution < 1.29 is 23.9 Å². The Morgan fingerprint density at radius 3 is 1.88 bits per heavy atom. The molecule has 25 heavy (non-hydrogen) atoms. The van der Waals surface area contributed by atoms with Gasteiger partial charge in [0, 0.05) is 0 Å². The first-order valence-electron chi connectivity index (χ1n) is 7.63. The van der Waals surface area contributed by atoms with Gasteiger partial charge in [-0.25, -0.2) is 9.59 Å². The average molecular weight is 340 g/mol. The molecule has 1 amide bonds. The molecule has 0 atom stereocenters. The van der Waals surface area contributed by atoms with E-state index in [-0.39, 0.29) is 30.0 Å². The Hall–Kier alpha value is -3.40. The highest BCUT2D eigenvalue weighted by molar-refractivity contribution is 6.17. The summed E-state index contributed by atoms with van der Waals surface area (Å²) in [5, 5.41) is 11.5. The van der Waals surface area contributed by atoms with Gasteiger partial charge in [0.2, 0.25) is 6.41 Å². The summed E-state index contributed by atoms with van der Waals surface area (Å²) in [6.07, 6.45) is 0.375. The third-order valence-corrected chi connectivity index (χ3v) is 3.48. The van der Waals surface area contributed by atoms with Gasteiger partial charge in [0.1, 0.15) is 0 Å². The molecule has 0 aromatic rings. The molecular weight excluding hydrogens is 324 g/mol. The van der Waals surface area contributed by atoms with Gasteiger partial charge in [0.15, 0.2) is 0 Å². The Morgan fingerprint density at radius 1 is 1.04 bits per heavy atom. The predicted molar refractivity (Wildman–Crippen MR) is 89.4 cm³/mol. The summed E-state index contributed by atoms with van der Waals surface area (Å²) < 4.78 is 10.1. The number of ether oxygens (including phenoxy) is 2. The van der Waals surface area contributed by atoms with Crippen LogP contribution in [-0.2, 0) is 14.3 Å². The molecule has 0 saturated carbocycles. The number of nitriles is 1. The quantitative estimate of drug-likeness (QED) is 0.640. The number of carbonyl (C=O) groups excluding carboxylic acids is 3. The summed E-state index contributed by atoms with van der Waals surface area (Å²) in [7, 11) is 0. The molecule has 2 aliphatic carbocycles. The van der Waals surface area contributed by atoms with Gasteiger partial charge in [0.25, 0.3) is 0 Å². The molecule has 0 aliphatic heterocycles. The zero-order valence-electron chi connectivity index (χ0n) is 13.8. The molecule has 2 rings (SSSR count). The summed E-state index contributed by atoms with van der Waals surface area (Å²) >= 11 is 0. The first kappa shape index (κ1) is 17.9. The van der Waals surface area contributed by atoms with Gasteiger partial charge in [-0.3, -0.25) is 4.79 Å². The largest absolute Gasteiger partial charge is 0.462 e. The average Bonchev–Trinajstić information content (AvgIpc) is 2.74. The summed E-state index contributed by atoms with van der Waals surface area (Å²) in [4.78, 5) is 35.8. The minimum absolute atomic E-state index is 0.0339. The van der Waals surface area contributed by atoms with Crippen LogP contribution in [-0.4, -0.2) is 31.6 Å². The Bertz CT molecular complexity index is 783. The maximum atomic E-state index is 12.4. The monoisotopic (exact) mass is 340 g/mol. The number of esters is 2. The van der Waals surface area contributed by atoms with Gasteiger partial charge in [-0.1, -0.05) is 12.1 Å². The lowest BCUT2D eigenvalue weighted by atomic mass is 10.1. The van der Waals surface area contributed by atoms with E-state index < -0.39 is 11.9 Å². The fourth-order valence-electron chi connectivity index (χ4n) is 2.52. The van der Waals surface area contributed by atoms with Crippen LogP contribution in [0.5, 0.6) is 0 Å². The first-order valence-corrected chi connectivity index (χ1v) is 7.63. The molecule has 1 N–H and O–H groups in total. The summed E-state index contributed by atoms with van der Waals surface area (Å²) in [6.45, 7) is 3.55. The zero-order valence-corrected chi connectivity index (χ0v) is 13.8. The Morgan fingerprint density at radius 2 is 1.52 bits per heavy atom. The number of nitrogens with one attached hydrogen (secondary N) is 1. The van der Waals surface area contributed by atoms with Crippen molar-refractivity contribution in [3.8, 4) is 17.2 Å². The standard InChI is InChI=1S/C18H16N2O5/c1-3-24-17(22)14-12-7-5-11(9-19)6-8-13(12)15(16(14)20-10-21)18(23)25-4-2/h5-8,10H,3-4H2,1-2H3,(H,20,21). The number of anilines is 1. The van der Waals surface area contributed by atoms with Crippen molar-refractivity contribution in [3.05, 3.63) is 41.0 Å². The van der Waals surface area contributed by atoms with E-state index in [9.17, 15) is 14.4 Å². The molecule has 0 aromatic carbocycles. The van der Waals surface area contributed by atoms with E-state index in [2.05, 4.69) is 5.32 Å². The minimum atomic E-state index is -0.683. The topological polar surface area (TPSA) is 105 Å². The van der Waals surface area contributed by atoms with E-state index in [1.54, 1.807) is 26.0 Å². The molecule has 128 valence electrons. The molecule has 0 spiro atoms. The Labute approximate surface area is 144 Å². The van der Waals surface area contributed by atoms with Crippen LogP contribution < -0.4 is 5.32 Å². The van der Waals surface area contributed by atoms with Crippen LogP contribution in [0.4, 0.5) is 5.69 Å². The molecule has 0 fully saturated rings. The van der Waals surface area contributed by atoms with Gasteiger partial charge in [-0.05, 0) is 37.1 Å². The molecule has 2 aliphatic rings. The van der Waals surface area contributed by atoms with Crippen LogP contribution >= 0.6 is 0 Å². The van der Waals surface area contributed by atoms with E-state index in [1.165, 1.54) is 12.1 Å². The van der Waals surface area contributed by atoms with Crippen LogP contribution in [0.1, 0.15) is 40.1 Å². The van der Waals surface area contributed by atoms with Gasteiger partial charge in [0.05, 0.1) is 41.7 Å². The number of fused-ring (bicyclic) bond motifs is 1. The van der Waals surface area contributed by atoms with E-state index in [4.69, 9.17) is 14.7 Å². The third kappa shape index (κ3) is 3.43. The lowest BCUT2D eigenvalue weighted by Gasteiger charge is -2.06. The molecule has 7 nitrogen and oxygen atoms in total. The van der Waals surface area contributed by atoms with Gasteiger partial charge in [-0.2, -0.15) is 5.26 Å². The molecular formula is C18H16N2O5. The van der Waals surface area contributed by atoms with Crippen LogP contribution in [0.2, 0.25) is 0 Å². The molecule has 0 radical (unpaired) electrons. The second-order valence-electron chi connectivity index (χ2n) is 4.89. The SMILES string of the molecule is CCOC(=O)c1c2ccc(C#N)ccc-2c(C(=O)OCC)c1NC=O. The van der Waals surface area contributed by atoms with E-state index in [1.807, 2.05) is 6.07 Å². The first-order chi connectivity index (χ1) is 12.1. The molecule has 0 saturated heterocycles. The van der Waals surface area contributed by atoms with Crippen molar-refractivity contribution in [2.75, 3.05) is 18.5 Å². The highest BCUT2D eigenvalue weighted by atomic mass is 16.5. The summed E-state index contributed by atoms with van der Waals surface area (Å²) in [5.41, 5.74) is 1.25. The molecule has 0 unspecified atom stereocenters.